The molecule has 1 amide bonds. The van der Waals surface area contributed by atoms with Crippen LogP contribution >= 0.6 is 0 Å². The predicted octanol–water partition coefficient (Wildman–Crippen LogP) is 4.07. The van der Waals surface area contributed by atoms with E-state index in [0.29, 0.717) is 13.1 Å². The number of esters is 1. The van der Waals surface area contributed by atoms with E-state index in [2.05, 4.69) is 11.7 Å². The van der Waals surface area contributed by atoms with E-state index in [9.17, 15) is 9.59 Å². The lowest BCUT2D eigenvalue weighted by molar-refractivity contribution is -0.141. The summed E-state index contributed by atoms with van der Waals surface area (Å²) in [5.74, 6) is 0.376. The largest absolute Gasteiger partial charge is 0.491 e. The van der Waals surface area contributed by atoms with Gasteiger partial charge >= 0.3 is 5.97 Å². The minimum Gasteiger partial charge on any atom is -0.491 e. The van der Waals surface area contributed by atoms with Crippen LogP contribution in [0.1, 0.15) is 52.0 Å². The van der Waals surface area contributed by atoms with Gasteiger partial charge < -0.3 is 14.4 Å². The highest BCUT2D eigenvalue weighted by Crippen LogP contribution is 2.16. The third kappa shape index (κ3) is 8.70. The van der Waals surface area contributed by atoms with E-state index in [1.54, 1.807) is 17.1 Å². The van der Waals surface area contributed by atoms with E-state index in [0.717, 1.165) is 30.6 Å². The average Bonchev–Trinajstić information content (AvgIpc) is 2.62. The Balaban J connectivity index is 2.73. The normalized spacial score (nSPS) is 11.0. The number of carbonyl (C=O) groups excluding carboxylic acids is 2. The zero-order valence-corrected chi connectivity index (χ0v) is 16.4. The van der Waals surface area contributed by atoms with Gasteiger partial charge in [0.05, 0.1) is 19.6 Å². The number of amides is 1. The maximum absolute atomic E-state index is 12.5. The Morgan fingerprint density at radius 2 is 1.96 bits per heavy atom. The molecule has 0 saturated carbocycles. The van der Waals surface area contributed by atoms with Crippen LogP contribution in [-0.4, -0.2) is 43.1 Å². The molecule has 0 radical (unpaired) electrons. The van der Waals surface area contributed by atoms with Crippen molar-refractivity contribution >= 4 is 18.0 Å². The van der Waals surface area contributed by atoms with E-state index < -0.39 is 0 Å². The molecule has 0 aromatic heterocycles. The number of rotatable bonds is 11. The minimum atomic E-state index is -0.305. The fraction of sp³-hybridized carbons (Fsp3) is 0.524. The molecule has 5 nitrogen and oxygen atoms in total. The van der Waals surface area contributed by atoms with Gasteiger partial charge in [0, 0.05) is 19.2 Å². The highest BCUT2D eigenvalue weighted by Gasteiger charge is 2.12. The van der Waals surface area contributed by atoms with Gasteiger partial charge in [0.25, 0.3) is 0 Å². The number of benzene rings is 1. The maximum Gasteiger partial charge on any atom is 0.307 e. The Labute approximate surface area is 157 Å². The number of nitrogens with zero attached hydrogens (tertiary/aromatic N) is 1. The Kier molecular flexibility index (Phi) is 10.1. The van der Waals surface area contributed by atoms with Gasteiger partial charge in [-0.15, -0.1) is 0 Å². The second-order valence-electron chi connectivity index (χ2n) is 6.43. The van der Waals surface area contributed by atoms with Crippen LogP contribution in [0, 0.1) is 0 Å². The summed E-state index contributed by atoms with van der Waals surface area (Å²) in [4.78, 5) is 25.6. The predicted molar refractivity (Wildman–Crippen MR) is 104 cm³/mol. The topological polar surface area (TPSA) is 55.8 Å². The Bertz CT molecular complexity index is 595. The van der Waals surface area contributed by atoms with E-state index in [1.165, 1.54) is 7.11 Å². The molecule has 0 heterocycles. The van der Waals surface area contributed by atoms with Crippen LogP contribution in [0.25, 0.3) is 6.08 Å². The Morgan fingerprint density at radius 1 is 1.19 bits per heavy atom. The van der Waals surface area contributed by atoms with Crippen molar-refractivity contribution in [3.63, 3.8) is 0 Å². The SMILES string of the molecule is CCCCCN(CCC(=O)OC)C(=O)/C=C/c1cccc(OC(C)C)c1. The summed E-state index contributed by atoms with van der Waals surface area (Å²) in [5, 5.41) is 0. The first-order valence-corrected chi connectivity index (χ1v) is 9.26. The molecule has 0 fully saturated rings. The lowest BCUT2D eigenvalue weighted by atomic mass is 10.2. The first-order valence-electron chi connectivity index (χ1n) is 9.26. The minimum absolute atomic E-state index is 0.0970. The molecule has 1 aromatic rings. The van der Waals surface area contributed by atoms with Gasteiger partial charge in [-0.05, 0) is 44.0 Å². The molecule has 0 saturated heterocycles. The van der Waals surface area contributed by atoms with E-state index >= 15 is 0 Å². The van der Waals surface area contributed by atoms with Gasteiger partial charge in [0.1, 0.15) is 5.75 Å². The first kappa shape index (κ1) is 21.7. The first-order chi connectivity index (χ1) is 12.5. The van der Waals surface area contributed by atoms with Crippen molar-refractivity contribution in [2.75, 3.05) is 20.2 Å². The lowest BCUT2D eigenvalue weighted by Crippen LogP contribution is -2.32. The number of carbonyl (C=O) groups is 2. The molecule has 26 heavy (non-hydrogen) atoms. The fourth-order valence-electron chi connectivity index (χ4n) is 2.45. The van der Waals surface area contributed by atoms with Gasteiger partial charge in [-0.2, -0.15) is 0 Å². The second kappa shape index (κ2) is 12.1. The van der Waals surface area contributed by atoms with Gasteiger partial charge in [0.15, 0.2) is 0 Å². The number of methoxy groups -OCH3 is 1. The second-order valence-corrected chi connectivity index (χ2v) is 6.43. The molecule has 1 rings (SSSR count). The third-order valence-electron chi connectivity index (χ3n) is 3.81. The average molecular weight is 361 g/mol. The van der Waals surface area contributed by atoms with Crippen LogP contribution in [0.4, 0.5) is 0 Å². The van der Waals surface area contributed by atoms with Crippen LogP contribution in [0.5, 0.6) is 5.75 Å². The van der Waals surface area contributed by atoms with Gasteiger partial charge in [-0.1, -0.05) is 31.9 Å². The Morgan fingerprint density at radius 3 is 2.62 bits per heavy atom. The molecule has 0 aliphatic heterocycles. The molecule has 0 N–H and O–H groups in total. The number of hydrogen-bond acceptors (Lipinski definition) is 4. The van der Waals surface area contributed by atoms with E-state index in [1.807, 2.05) is 38.1 Å². The molecule has 0 atom stereocenters. The molecule has 0 spiro atoms. The van der Waals surface area contributed by atoms with Crippen molar-refractivity contribution < 1.29 is 19.1 Å². The molecular formula is C21H31NO4. The van der Waals surface area contributed by atoms with Crippen molar-refractivity contribution in [1.29, 1.82) is 0 Å². The Hall–Kier alpha value is -2.30. The fourth-order valence-corrected chi connectivity index (χ4v) is 2.45. The standard InChI is InChI=1S/C21H31NO4/c1-5-6-7-14-22(15-13-21(24)25-4)20(23)12-11-18-9-8-10-19(16-18)26-17(2)3/h8-12,16-17H,5-7,13-15H2,1-4H3/b12-11+. The zero-order chi connectivity index (χ0) is 19.4. The number of unbranched alkanes of at least 4 members (excludes halogenated alkanes) is 2. The zero-order valence-electron chi connectivity index (χ0n) is 16.4. The van der Waals surface area contributed by atoms with Crippen molar-refractivity contribution in [3.8, 4) is 5.75 Å². The van der Waals surface area contributed by atoms with Crippen LogP contribution in [0.2, 0.25) is 0 Å². The molecular weight excluding hydrogens is 330 g/mol. The van der Waals surface area contributed by atoms with Crippen LogP contribution < -0.4 is 4.74 Å². The molecule has 144 valence electrons. The number of ether oxygens (including phenoxy) is 2. The van der Waals surface area contributed by atoms with E-state index in [-0.39, 0.29) is 24.4 Å². The molecule has 0 bridgehead atoms. The summed E-state index contributed by atoms with van der Waals surface area (Å²) in [6.45, 7) is 7.08. The monoisotopic (exact) mass is 361 g/mol. The summed E-state index contributed by atoms with van der Waals surface area (Å²) in [5.41, 5.74) is 0.901. The summed E-state index contributed by atoms with van der Waals surface area (Å²) in [6.07, 6.45) is 6.70. The molecule has 1 aromatic carbocycles. The van der Waals surface area contributed by atoms with Crippen LogP contribution in [0.3, 0.4) is 0 Å². The van der Waals surface area contributed by atoms with Crippen molar-refractivity contribution in [2.24, 2.45) is 0 Å². The molecule has 0 aliphatic carbocycles. The molecule has 5 heteroatoms. The van der Waals surface area contributed by atoms with Crippen LogP contribution in [-0.2, 0) is 14.3 Å². The highest BCUT2D eigenvalue weighted by molar-refractivity contribution is 5.92. The lowest BCUT2D eigenvalue weighted by Gasteiger charge is -2.20. The highest BCUT2D eigenvalue weighted by atomic mass is 16.5. The van der Waals surface area contributed by atoms with Crippen molar-refractivity contribution in [1.82, 2.24) is 4.90 Å². The quantitative estimate of drug-likeness (QED) is 0.339. The smallest absolute Gasteiger partial charge is 0.307 e. The van der Waals surface area contributed by atoms with Crippen molar-refractivity contribution in [3.05, 3.63) is 35.9 Å². The van der Waals surface area contributed by atoms with Gasteiger partial charge in [-0.25, -0.2) is 0 Å². The number of hydrogen-bond donors (Lipinski definition) is 0. The van der Waals surface area contributed by atoms with Gasteiger partial charge in [0.2, 0.25) is 5.91 Å². The summed E-state index contributed by atoms with van der Waals surface area (Å²) < 4.78 is 10.3. The molecule has 0 aliphatic rings. The maximum atomic E-state index is 12.5. The summed E-state index contributed by atoms with van der Waals surface area (Å²) in [7, 11) is 1.36. The van der Waals surface area contributed by atoms with E-state index in [4.69, 9.17) is 4.74 Å². The third-order valence-corrected chi connectivity index (χ3v) is 3.81. The van der Waals surface area contributed by atoms with Gasteiger partial charge in [-0.3, -0.25) is 9.59 Å². The van der Waals surface area contributed by atoms with Crippen LogP contribution in [0.15, 0.2) is 30.3 Å². The summed E-state index contributed by atoms with van der Waals surface area (Å²) in [6, 6.07) is 7.62. The summed E-state index contributed by atoms with van der Waals surface area (Å²) >= 11 is 0. The molecule has 0 unspecified atom stereocenters. The van der Waals surface area contributed by atoms with Crippen molar-refractivity contribution in [2.45, 2.75) is 52.6 Å².